The van der Waals surface area contributed by atoms with Gasteiger partial charge in [-0.3, -0.25) is 4.68 Å². The zero-order chi connectivity index (χ0) is 15.2. The van der Waals surface area contributed by atoms with Gasteiger partial charge < -0.3 is 5.32 Å². The first kappa shape index (κ1) is 16.0. The molecule has 0 aliphatic rings. The minimum absolute atomic E-state index is 0.365. The molecule has 1 N–H and O–H groups in total. The summed E-state index contributed by atoms with van der Waals surface area (Å²) in [5.41, 5.74) is 1.28. The number of hydrogen-bond acceptors (Lipinski definition) is 3. The Bertz CT molecular complexity index is 548. The minimum Gasteiger partial charge on any atom is -0.316 e. The Morgan fingerprint density at radius 1 is 1.19 bits per heavy atom. The van der Waals surface area contributed by atoms with Crippen LogP contribution >= 0.6 is 11.6 Å². The average Bonchev–Trinajstić information content (AvgIpc) is 2.84. The Morgan fingerprint density at radius 2 is 1.90 bits per heavy atom. The van der Waals surface area contributed by atoms with Crippen LogP contribution in [0, 0.1) is 5.92 Å². The number of aromatic nitrogens is 3. The Labute approximate surface area is 131 Å². The summed E-state index contributed by atoms with van der Waals surface area (Å²) >= 11 is 5.99. The van der Waals surface area contributed by atoms with Gasteiger partial charge in [0.05, 0.1) is 0 Å². The van der Waals surface area contributed by atoms with Gasteiger partial charge in [0.25, 0.3) is 0 Å². The highest BCUT2D eigenvalue weighted by Gasteiger charge is 2.15. The number of hydrogen-bond donors (Lipinski definition) is 1. The second-order valence-corrected chi connectivity index (χ2v) is 6.24. The number of nitrogens with zero attached hydrogens (tertiary/aromatic N) is 3. The highest BCUT2D eigenvalue weighted by Crippen LogP contribution is 2.21. The van der Waals surface area contributed by atoms with Crippen LogP contribution in [0.1, 0.15) is 31.2 Å². The molecule has 2 rings (SSSR count). The molecule has 1 unspecified atom stereocenters. The largest absolute Gasteiger partial charge is 0.316 e. The van der Waals surface area contributed by atoms with Crippen LogP contribution in [0.15, 0.2) is 30.6 Å². The van der Waals surface area contributed by atoms with Crippen LogP contribution < -0.4 is 5.32 Å². The summed E-state index contributed by atoms with van der Waals surface area (Å²) in [6, 6.07) is 8.09. The molecule has 0 saturated heterocycles. The number of halogens is 1. The third kappa shape index (κ3) is 4.83. The van der Waals surface area contributed by atoms with Crippen LogP contribution in [-0.4, -0.2) is 27.9 Å². The van der Waals surface area contributed by atoms with E-state index in [1.165, 1.54) is 5.56 Å². The van der Waals surface area contributed by atoms with Crippen molar-refractivity contribution in [1.82, 2.24) is 20.1 Å². The van der Waals surface area contributed by atoms with Crippen molar-refractivity contribution in [3.8, 4) is 0 Å². The molecule has 0 fully saturated rings. The molecule has 21 heavy (non-hydrogen) atoms. The van der Waals surface area contributed by atoms with E-state index >= 15 is 0 Å². The maximum absolute atomic E-state index is 5.99. The fourth-order valence-corrected chi connectivity index (χ4v) is 2.44. The van der Waals surface area contributed by atoms with Gasteiger partial charge in [-0.1, -0.05) is 37.6 Å². The van der Waals surface area contributed by atoms with Crippen LogP contribution in [0.25, 0.3) is 0 Å². The van der Waals surface area contributed by atoms with E-state index in [1.54, 1.807) is 6.33 Å². The van der Waals surface area contributed by atoms with Gasteiger partial charge in [0.2, 0.25) is 0 Å². The number of benzene rings is 1. The van der Waals surface area contributed by atoms with Gasteiger partial charge >= 0.3 is 0 Å². The van der Waals surface area contributed by atoms with Crippen molar-refractivity contribution < 1.29 is 0 Å². The maximum atomic E-state index is 5.99. The summed E-state index contributed by atoms with van der Waals surface area (Å²) in [6.45, 7) is 6.37. The quantitative estimate of drug-likeness (QED) is 0.855. The van der Waals surface area contributed by atoms with Gasteiger partial charge in [0, 0.05) is 31.0 Å². The highest BCUT2D eigenvalue weighted by molar-refractivity contribution is 6.30. The Balaban J connectivity index is 2.09. The van der Waals surface area contributed by atoms with Crippen molar-refractivity contribution in [3.05, 3.63) is 47.0 Å². The lowest BCUT2D eigenvalue weighted by Gasteiger charge is -2.19. The van der Waals surface area contributed by atoms with Gasteiger partial charge in [-0.05, 0) is 30.2 Å². The lowest BCUT2D eigenvalue weighted by atomic mass is 9.95. The molecular weight excluding hydrogens is 284 g/mol. The molecule has 0 spiro atoms. The first-order valence-corrected chi connectivity index (χ1v) is 7.73. The molecule has 0 amide bonds. The Hall–Kier alpha value is -1.39. The van der Waals surface area contributed by atoms with Crippen LogP contribution in [0.2, 0.25) is 5.02 Å². The molecule has 1 atom stereocenters. The zero-order valence-corrected chi connectivity index (χ0v) is 13.6. The molecule has 0 aliphatic heterocycles. The lowest BCUT2D eigenvalue weighted by Crippen LogP contribution is -2.27. The zero-order valence-electron chi connectivity index (χ0n) is 12.9. The van der Waals surface area contributed by atoms with Gasteiger partial charge in [-0.2, -0.15) is 5.10 Å². The Kier molecular flexibility index (Phi) is 5.76. The van der Waals surface area contributed by atoms with Gasteiger partial charge in [0.15, 0.2) is 0 Å². The smallest absolute Gasteiger partial charge is 0.138 e. The molecule has 1 aromatic carbocycles. The third-order valence-electron chi connectivity index (χ3n) is 3.52. The SMILES string of the molecule is CC(C)CNCC(Cc1ncnn1C)c1ccc(Cl)cc1. The van der Waals surface area contributed by atoms with Crippen molar-refractivity contribution in [2.45, 2.75) is 26.2 Å². The molecule has 0 radical (unpaired) electrons. The number of nitrogens with one attached hydrogen (secondary N) is 1. The number of rotatable bonds is 7. The fraction of sp³-hybridized carbons (Fsp3) is 0.500. The Morgan fingerprint density at radius 3 is 2.48 bits per heavy atom. The molecule has 0 saturated carbocycles. The highest BCUT2D eigenvalue weighted by atomic mass is 35.5. The molecule has 5 heteroatoms. The molecule has 1 heterocycles. The van der Waals surface area contributed by atoms with Crippen molar-refractivity contribution in [1.29, 1.82) is 0 Å². The normalized spacial score (nSPS) is 12.8. The predicted octanol–water partition coefficient (Wildman–Crippen LogP) is 3.04. The van der Waals surface area contributed by atoms with Crippen LogP contribution in [0.5, 0.6) is 0 Å². The fourth-order valence-electron chi connectivity index (χ4n) is 2.31. The first-order valence-electron chi connectivity index (χ1n) is 7.35. The molecule has 2 aromatic rings. The molecule has 0 bridgehead atoms. The third-order valence-corrected chi connectivity index (χ3v) is 3.77. The van der Waals surface area contributed by atoms with Crippen LogP contribution in [-0.2, 0) is 13.5 Å². The predicted molar refractivity (Wildman–Crippen MR) is 86.6 cm³/mol. The van der Waals surface area contributed by atoms with E-state index in [0.29, 0.717) is 11.8 Å². The molecule has 0 aliphatic carbocycles. The van der Waals surface area contributed by atoms with Crippen LogP contribution in [0.4, 0.5) is 0 Å². The van der Waals surface area contributed by atoms with Crippen molar-refractivity contribution in [2.75, 3.05) is 13.1 Å². The molecule has 114 valence electrons. The van der Waals surface area contributed by atoms with Gasteiger partial charge in [0.1, 0.15) is 12.2 Å². The van der Waals surface area contributed by atoms with E-state index in [2.05, 4.69) is 41.4 Å². The summed E-state index contributed by atoms with van der Waals surface area (Å²) in [4.78, 5) is 4.34. The van der Waals surface area contributed by atoms with E-state index in [9.17, 15) is 0 Å². The monoisotopic (exact) mass is 306 g/mol. The van der Waals surface area contributed by atoms with E-state index < -0.39 is 0 Å². The summed E-state index contributed by atoms with van der Waals surface area (Å²) in [6.07, 6.45) is 2.47. The van der Waals surface area contributed by atoms with Crippen molar-refractivity contribution in [2.24, 2.45) is 13.0 Å². The second-order valence-electron chi connectivity index (χ2n) is 5.80. The standard InChI is InChI=1S/C16H23ClN4/c1-12(2)9-18-10-14(8-16-19-11-20-21(16)3)13-4-6-15(17)7-5-13/h4-7,11-12,14,18H,8-10H2,1-3H3. The topological polar surface area (TPSA) is 42.7 Å². The van der Waals surface area contributed by atoms with Gasteiger partial charge in [-0.25, -0.2) is 4.98 Å². The van der Waals surface area contributed by atoms with E-state index in [4.69, 9.17) is 11.6 Å². The maximum Gasteiger partial charge on any atom is 0.138 e. The number of aryl methyl sites for hydroxylation is 1. The summed E-state index contributed by atoms with van der Waals surface area (Å²) < 4.78 is 1.84. The van der Waals surface area contributed by atoms with Crippen molar-refractivity contribution >= 4 is 11.6 Å². The summed E-state index contributed by atoms with van der Waals surface area (Å²) in [7, 11) is 1.93. The molecule has 4 nitrogen and oxygen atoms in total. The minimum atomic E-state index is 0.365. The summed E-state index contributed by atoms with van der Waals surface area (Å²) in [5, 5.41) is 8.46. The lowest BCUT2D eigenvalue weighted by molar-refractivity contribution is 0.504. The molecular formula is C16H23ClN4. The van der Waals surface area contributed by atoms with Gasteiger partial charge in [-0.15, -0.1) is 0 Å². The van der Waals surface area contributed by atoms with E-state index in [1.807, 2.05) is 23.9 Å². The van der Waals surface area contributed by atoms with E-state index in [-0.39, 0.29) is 0 Å². The van der Waals surface area contributed by atoms with Crippen LogP contribution in [0.3, 0.4) is 0 Å². The second kappa shape index (κ2) is 7.57. The van der Waals surface area contributed by atoms with E-state index in [0.717, 1.165) is 30.4 Å². The summed E-state index contributed by atoms with van der Waals surface area (Å²) in [5.74, 6) is 2.01. The molecule has 1 aromatic heterocycles. The van der Waals surface area contributed by atoms with Crippen molar-refractivity contribution in [3.63, 3.8) is 0 Å². The first-order chi connectivity index (χ1) is 10.1. The average molecular weight is 307 g/mol.